The minimum atomic E-state index is -0.472. The maximum Gasteiger partial charge on any atom is 0.312 e. The number of benzene rings is 1. The van der Waals surface area contributed by atoms with Crippen molar-refractivity contribution in [2.24, 2.45) is 0 Å². The molecule has 1 atom stereocenters. The molecular weight excluding hydrogens is 430 g/mol. The first-order valence-electron chi connectivity index (χ1n) is 10.9. The normalized spacial score (nSPS) is 15.2. The van der Waals surface area contributed by atoms with Gasteiger partial charge in [-0.2, -0.15) is 5.10 Å². The van der Waals surface area contributed by atoms with Crippen LogP contribution in [0, 0.1) is 24.0 Å². The molecule has 1 N–H and O–H groups in total. The summed E-state index contributed by atoms with van der Waals surface area (Å²) in [6, 6.07) is 5.69. The van der Waals surface area contributed by atoms with Gasteiger partial charge in [0.15, 0.2) is 11.5 Å². The maximum absolute atomic E-state index is 12.7. The fourth-order valence-corrected chi connectivity index (χ4v) is 4.02. The topological polar surface area (TPSA) is 121 Å². The Balaban J connectivity index is 1.75. The third-order valence-corrected chi connectivity index (χ3v) is 5.67. The van der Waals surface area contributed by atoms with Gasteiger partial charge in [-0.3, -0.25) is 24.5 Å². The summed E-state index contributed by atoms with van der Waals surface area (Å²) in [5.41, 5.74) is 1.57. The van der Waals surface area contributed by atoms with E-state index in [2.05, 4.69) is 15.3 Å². The Bertz CT molecular complexity index is 986. The number of hydrogen-bond acceptors (Lipinski definition) is 8. The SMILES string of the molecule is CCOc1ccc([C@H](CNC(=O)Cn2nc(C)c([N+](=O)[O-])c2C)N2CCOCC2)cc1OC. The molecule has 1 fully saturated rings. The quantitative estimate of drug-likeness (QED) is 0.421. The molecule has 1 amide bonds. The summed E-state index contributed by atoms with van der Waals surface area (Å²) in [5.74, 6) is 1.03. The molecule has 1 aliphatic rings. The van der Waals surface area contributed by atoms with Crippen LogP contribution in [0.15, 0.2) is 18.2 Å². The van der Waals surface area contributed by atoms with E-state index in [9.17, 15) is 14.9 Å². The van der Waals surface area contributed by atoms with Crippen LogP contribution in [-0.2, 0) is 16.1 Å². The highest BCUT2D eigenvalue weighted by Gasteiger charge is 2.26. The first-order valence-corrected chi connectivity index (χ1v) is 10.9. The molecule has 2 aromatic rings. The summed E-state index contributed by atoms with van der Waals surface area (Å²) >= 11 is 0. The molecule has 0 spiro atoms. The Kier molecular flexibility index (Phi) is 8.23. The molecule has 0 bridgehead atoms. The van der Waals surface area contributed by atoms with Gasteiger partial charge in [-0.05, 0) is 38.5 Å². The van der Waals surface area contributed by atoms with Gasteiger partial charge in [-0.15, -0.1) is 0 Å². The number of carbonyl (C=O) groups is 1. The van der Waals surface area contributed by atoms with E-state index in [1.54, 1.807) is 21.0 Å². The fourth-order valence-electron chi connectivity index (χ4n) is 4.02. The van der Waals surface area contributed by atoms with Crippen LogP contribution in [0.4, 0.5) is 5.69 Å². The van der Waals surface area contributed by atoms with Crippen LogP contribution >= 0.6 is 0 Å². The van der Waals surface area contributed by atoms with Gasteiger partial charge in [0.2, 0.25) is 5.91 Å². The van der Waals surface area contributed by atoms with Crippen molar-refractivity contribution < 1.29 is 23.9 Å². The average Bonchev–Trinajstić information content (AvgIpc) is 3.08. The Morgan fingerprint density at radius 3 is 2.64 bits per heavy atom. The minimum absolute atomic E-state index is 0.0597. The van der Waals surface area contributed by atoms with E-state index in [0.29, 0.717) is 43.6 Å². The third-order valence-electron chi connectivity index (χ3n) is 5.67. The Labute approximate surface area is 192 Å². The van der Waals surface area contributed by atoms with Gasteiger partial charge in [-0.25, -0.2) is 0 Å². The van der Waals surface area contributed by atoms with Crippen LogP contribution in [0.3, 0.4) is 0 Å². The lowest BCUT2D eigenvalue weighted by Gasteiger charge is -2.35. The number of nitrogens with one attached hydrogen (secondary N) is 1. The number of morpholine rings is 1. The van der Waals surface area contributed by atoms with Crippen molar-refractivity contribution in [3.8, 4) is 11.5 Å². The van der Waals surface area contributed by atoms with Crippen molar-refractivity contribution >= 4 is 11.6 Å². The van der Waals surface area contributed by atoms with Crippen LogP contribution in [0.2, 0.25) is 0 Å². The Morgan fingerprint density at radius 2 is 2.03 bits per heavy atom. The van der Waals surface area contributed by atoms with Crippen LogP contribution in [-0.4, -0.2) is 72.1 Å². The standard InChI is InChI=1S/C22H31N5O6/c1-5-33-19-7-6-17(12-20(19)31-4)18(25-8-10-32-11-9-25)13-23-21(28)14-26-16(3)22(27(29)30)15(2)24-26/h6-7,12,18H,5,8-11,13-14H2,1-4H3,(H,23,28)/t18-/m0/s1. The molecule has 11 heteroatoms. The zero-order valence-corrected chi connectivity index (χ0v) is 19.5. The second-order valence-electron chi connectivity index (χ2n) is 7.75. The monoisotopic (exact) mass is 461 g/mol. The number of aryl methyl sites for hydroxylation is 1. The molecule has 3 rings (SSSR count). The largest absolute Gasteiger partial charge is 0.493 e. The molecule has 0 saturated carbocycles. The number of nitrogens with zero attached hydrogens (tertiary/aromatic N) is 4. The second kappa shape index (κ2) is 11.1. The second-order valence-corrected chi connectivity index (χ2v) is 7.75. The van der Waals surface area contributed by atoms with Crippen molar-refractivity contribution in [1.82, 2.24) is 20.0 Å². The fraction of sp³-hybridized carbons (Fsp3) is 0.545. The molecular formula is C22H31N5O6. The van der Waals surface area contributed by atoms with E-state index in [-0.39, 0.29) is 29.9 Å². The Hall–Kier alpha value is -3.18. The molecule has 0 aliphatic carbocycles. The van der Waals surface area contributed by atoms with Crippen molar-refractivity contribution in [3.63, 3.8) is 0 Å². The van der Waals surface area contributed by atoms with E-state index < -0.39 is 4.92 Å². The molecule has 11 nitrogen and oxygen atoms in total. The maximum atomic E-state index is 12.7. The number of ether oxygens (including phenoxy) is 3. The van der Waals surface area contributed by atoms with Crippen LogP contribution in [0.25, 0.3) is 0 Å². The zero-order chi connectivity index (χ0) is 24.0. The summed E-state index contributed by atoms with van der Waals surface area (Å²) in [5, 5.41) is 18.3. The third kappa shape index (κ3) is 5.79. The van der Waals surface area contributed by atoms with Crippen LogP contribution in [0.1, 0.15) is 29.9 Å². The van der Waals surface area contributed by atoms with Crippen molar-refractivity contribution in [3.05, 3.63) is 45.3 Å². The number of amides is 1. The number of hydrogen-bond donors (Lipinski definition) is 1. The molecule has 180 valence electrons. The molecule has 33 heavy (non-hydrogen) atoms. The summed E-state index contributed by atoms with van der Waals surface area (Å²) < 4.78 is 18.0. The molecule has 2 heterocycles. The number of carbonyl (C=O) groups excluding carboxylic acids is 1. The van der Waals surface area contributed by atoms with Crippen molar-refractivity contribution in [1.29, 1.82) is 0 Å². The van der Waals surface area contributed by atoms with Crippen molar-refractivity contribution in [2.75, 3.05) is 46.6 Å². The van der Waals surface area contributed by atoms with Gasteiger partial charge in [0.25, 0.3) is 0 Å². The van der Waals surface area contributed by atoms with Gasteiger partial charge < -0.3 is 19.5 Å². The van der Waals surface area contributed by atoms with Crippen LogP contribution in [0.5, 0.6) is 11.5 Å². The highest BCUT2D eigenvalue weighted by molar-refractivity contribution is 5.76. The molecule has 0 radical (unpaired) electrons. The van der Waals surface area contributed by atoms with E-state index >= 15 is 0 Å². The highest BCUT2D eigenvalue weighted by Crippen LogP contribution is 2.32. The highest BCUT2D eigenvalue weighted by atomic mass is 16.6. The first kappa shape index (κ1) is 24.5. The van der Waals surface area contributed by atoms with E-state index in [4.69, 9.17) is 14.2 Å². The number of rotatable bonds is 10. The van der Waals surface area contributed by atoms with Gasteiger partial charge in [0, 0.05) is 19.6 Å². The van der Waals surface area contributed by atoms with Gasteiger partial charge in [-0.1, -0.05) is 6.07 Å². The predicted molar refractivity (Wildman–Crippen MR) is 121 cm³/mol. The average molecular weight is 462 g/mol. The summed E-state index contributed by atoms with van der Waals surface area (Å²) in [6.07, 6.45) is 0. The smallest absolute Gasteiger partial charge is 0.312 e. The number of methoxy groups -OCH3 is 1. The van der Waals surface area contributed by atoms with Gasteiger partial charge in [0.05, 0.1) is 37.9 Å². The molecule has 0 unspecified atom stereocenters. The van der Waals surface area contributed by atoms with E-state index in [1.165, 1.54) is 4.68 Å². The number of nitro groups is 1. The lowest BCUT2D eigenvalue weighted by atomic mass is 10.0. The predicted octanol–water partition coefficient (Wildman–Crippen LogP) is 2.01. The summed E-state index contributed by atoms with van der Waals surface area (Å²) in [4.78, 5) is 25.7. The van der Waals surface area contributed by atoms with Crippen molar-refractivity contribution in [2.45, 2.75) is 33.4 Å². The Morgan fingerprint density at radius 1 is 1.30 bits per heavy atom. The lowest BCUT2D eigenvalue weighted by Crippen LogP contribution is -2.44. The van der Waals surface area contributed by atoms with Gasteiger partial charge in [0.1, 0.15) is 17.9 Å². The van der Waals surface area contributed by atoms with E-state index in [1.807, 2.05) is 25.1 Å². The molecule has 1 saturated heterocycles. The zero-order valence-electron chi connectivity index (χ0n) is 19.5. The van der Waals surface area contributed by atoms with Crippen LogP contribution < -0.4 is 14.8 Å². The summed E-state index contributed by atoms with van der Waals surface area (Å²) in [6.45, 7) is 8.57. The van der Waals surface area contributed by atoms with Gasteiger partial charge >= 0.3 is 5.69 Å². The molecule has 1 aliphatic heterocycles. The minimum Gasteiger partial charge on any atom is -0.493 e. The molecule has 1 aromatic heterocycles. The summed E-state index contributed by atoms with van der Waals surface area (Å²) in [7, 11) is 1.60. The molecule has 1 aromatic carbocycles. The lowest BCUT2D eigenvalue weighted by molar-refractivity contribution is -0.386. The van der Waals surface area contributed by atoms with E-state index in [0.717, 1.165) is 18.7 Å². The number of aromatic nitrogens is 2. The first-order chi connectivity index (χ1) is 15.8.